The Bertz CT molecular complexity index is 563. The maximum absolute atomic E-state index is 3.49. The number of nitrogens with one attached hydrogen (secondary N) is 1. The molecule has 0 radical (unpaired) electrons. The van der Waals surface area contributed by atoms with Gasteiger partial charge in [0.05, 0.1) is 0 Å². The largest absolute Gasteiger partial charge is 0.307 e. The van der Waals surface area contributed by atoms with Crippen LogP contribution in [0.25, 0.3) is 10.1 Å². The van der Waals surface area contributed by atoms with Gasteiger partial charge in [0.2, 0.25) is 0 Å². The SMILES string of the molecule is c1csc(CNCc2cc3ccccc3s2)c1. The smallest absolute Gasteiger partial charge is 0.0346 e. The van der Waals surface area contributed by atoms with E-state index in [4.69, 9.17) is 0 Å². The summed E-state index contributed by atoms with van der Waals surface area (Å²) in [6, 6.07) is 15.1. The average Bonchev–Trinajstić information content (AvgIpc) is 2.96. The molecule has 2 aromatic heterocycles. The van der Waals surface area contributed by atoms with Gasteiger partial charge in [-0.2, -0.15) is 0 Å². The zero-order chi connectivity index (χ0) is 11.5. The molecule has 2 heterocycles. The fourth-order valence-corrected chi connectivity index (χ4v) is 3.55. The van der Waals surface area contributed by atoms with Crippen molar-refractivity contribution in [3.05, 3.63) is 57.6 Å². The van der Waals surface area contributed by atoms with Crippen molar-refractivity contribution in [2.75, 3.05) is 0 Å². The maximum Gasteiger partial charge on any atom is 0.0346 e. The summed E-state index contributed by atoms with van der Waals surface area (Å²) >= 11 is 3.68. The minimum atomic E-state index is 0.956. The lowest BCUT2D eigenvalue weighted by atomic mass is 10.2. The van der Waals surface area contributed by atoms with Crippen molar-refractivity contribution < 1.29 is 0 Å². The Hall–Kier alpha value is -1.16. The van der Waals surface area contributed by atoms with Crippen molar-refractivity contribution in [1.82, 2.24) is 5.32 Å². The van der Waals surface area contributed by atoms with E-state index in [9.17, 15) is 0 Å². The molecule has 0 bridgehead atoms. The van der Waals surface area contributed by atoms with Gasteiger partial charge in [-0.1, -0.05) is 24.3 Å². The lowest BCUT2D eigenvalue weighted by Gasteiger charge is -1.99. The van der Waals surface area contributed by atoms with Crippen LogP contribution in [0.4, 0.5) is 0 Å². The number of thiophene rings is 2. The predicted molar refractivity (Wildman–Crippen MR) is 76.7 cm³/mol. The van der Waals surface area contributed by atoms with Crippen LogP contribution in [0.3, 0.4) is 0 Å². The third-order valence-electron chi connectivity index (χ3n) is 2.66. The molecule has 3 aromatic rings. The van der Waals surface area contributed by atoms with Crippen molar-refractivity contribution >= 4 is 32.8 Å². The summed E-state index contributed by atoms with van der Waals surface area (Å²) in [5, 5.41) is 6.96. The highest BCUT2D eigenvalue weighted by molar-refractivity contribution is 7.19. The van der Waals surface area contributed by atoms with E-state index in [1.807, 2.05) is 11.3 Å². The normalized spacial score (nSPS) is 11.1. The van der Waals surface area contributed by atoms with Crippen LogP contribution in [0.5, 0.6) is 0 Å². The Morgan fingerprint density at radius 2 is 1.82 bits per heavy atom. The molecule has 0 unspecified atom stereocenters. The third kappa shape index (κ3) is 2.57. The first kappa shape index (κ1) is 11.0. The van der Waals surface area contributed by atoms with Gasteiger partial charge in [-0.15, -0.1) is 22.7 Å². The summed E-state index contributed by atoms with van der Waals surface area (Å²) in [4.78, 5) is 2.80. The van der Waals surface area contributed by atoms with Crippen molar-refractivity contribution in [2.24, 2.45) is 0 Å². The Labute approximate surface area is 109 Å². The van der Waals surface area contributed by atoms with Crippen molar-refractivity contribution in [3.63, 3.8) is 0 Å². The van der Waals surface area contributed by atoms with Gasteiger partial charge in [-0.3, -0.25) is 0 Å². The molecule has 0 fully saturated rings. The Morgan fingerprint density at radius 1 is 0.941 bits per heavy atom. The van der Waals surface area contributed by atoms with E-state index in [1.165, 1.54) is 19.8 Å². The summed E-state index contributed by atoms with van der Waals surface area (Å²) in [5.41, 5.74) is 0. The fraction of sp³-hybridized carbons (Fsp3) is 0.143. The second kappa shape index (κ2) is 5.00. The van der Waals surface area contributed by atoms with Gasteiger partial charge in [-0.25, -0.2) is 0 Å². The molecule has 1 nitrogen and oxygen atoms in total. The number of fused-ring (bicyclic) bond motifs is 1. The van der Waals surface area contributed by atoms with Gasteiger partial charge >= 0.3 is 0 Å². The maximum atomic E-state index is 3.49. The van der Waals surface area contributed by atoms with E-state index in [0.717, 1.165) is 13.1 Å². The summed E-state index contributed by atoms with van der Waals surface area (Å²) in [5.74, 6) is 0. The molecule has 0 atom stereocenters. The Balaban J connectivity index is 1.65. The van der Waals surface area contributed by atoms with Crippen LogP contribution in [-0.4, -0.2) is 0 Å². The molecule has 0 saturated heterocycles. The number of hydrogen-bond donors (Lipinski definition) is 1. The molecule has 86 valence electrons. The van der Waals surface area contributed by atoms with Crippen LogP contribution in [0.15, 0.2) is 47.8 Å². The lowest BCUT2D eigenvalue weighted by molar-refractivity contribution is 0.709. The molecule has 0 aliphatic carbocycles. The second-order valence-electron chi connectivity index (χ2n) is 3.93. The number of rotatable bonds is 4. The standard InChI is InChI=1S/C14H13NS2/c1-2-6-14-11(4-1)8-13(17-14)10-15-9-12-5-3-7-16-12/h1-8,15H,9-10H2. The highest BCUT2D eigenvalue weighted by atomic mass is 32.1. The summed E-state index contributed by atoms with van der Waals surface area (Å²) < 4.78 is 1.38. The molecule has 1 N–H and O–H groups in total. The van der Waals surface area contributed by atoms with Gasteiger partial charge in [0.25, 0.3) is 0 Å². The third-order valence-corrected chi connectivity index (χ3v) is 4.65. The molecule has 0 spiro atoms. The van der Waals surface area contributed by atoms with Gasteiger partial charge < -0.3 is 5.32 Å². The van der Waals surface area contributed by atoms with E-state index in [2.05, 4.69) is 53.2 Å². The van der Waals surface area contributed by atoms with Crippen molar-refractivity contribution in [3.8, 4) is 0 Å². The molecule has 0 aliphatic rings. The van der Waals surface area contributed by atoms with Crippen LogP contribution in [0.1, 0.15) is 9.75 Å². The van der Waals surface area contributed by atoms with Crippen LogP contribution in [0.2, 0.25) is 0 Å². The van der Waals surface area contributed by atoms with Gasteiger partial charge in [0.15, 0.2) is 0 Å². The summed E-state index contributed by atoms with van der Waals surface area (Å²) in [7, 11) is 0. The average molecular weight is 259 g/mol. The quantitative estimate of drug-likeness (QED) is 0.738. The summed E-state index contributed by atoms with van der Waals surface area (Å²) in [6.07, 6.45) is 0. The number of benzene rings is 1. The monoisotopic (exact) mass is 259 g/mol. The first-order chi connectivity index (χ1) is 8.42. The molecule has 0 amide bonds. The van der Waals surface area contributed by atoms with E-state index in [0.29, 0.717) is 0 Å². The van der Waals surface area contributed by atoms with Crippen molar-refractivity contribution in [2.45, 2.75) is 13.1 Å². The lowest BCUT2D eigenvalue weighted by Crippen LogP contribution is -2.10. The summed E-state index contributed by atoms with van der Waals surface area (Å²) in [6.45, 7) is 1.92. The minimum absolute atomic E-state index is 0.956. The van der Waals surface area contributed by atoms with Crippen LogP contribution >= 0.6 is 22.7 Å². The predicted octanol–water partition coefficient (Wildman–Crippen LogP) is 4.25. The van der Waals surface area contributed by atoms with Crippen molar-refractivity contribution in [1.29, 1.82) is 0 Å². The van der Waals surface area contributed by atoms with E-state index >= 15 is 0 Å². The molecule has 3 heteroatoms. The second-order valence-corrected chi connectivity index (χ2v) is 6.13. The first-order valence-electron chi connectivity index (χ1n) is 5.62. The Kier molecular flexibility index (Phi) is 3.22. The zero-order valence-corrected chi connectivity index (χ0v) is 11.0. The van der Waals surface area contributed by atoms with E-state index < -0.39 is 0 Å². The fourth-order valence-electron chi connectivity index (χ4n) is 1.85. The molecule has 1 aromatic carbocycles. The van der Waals surface area contributed by atoms with E-state index in [1.54, 1.807) is 11.3 Å². The van der Waals surface area contributed by atoms with Gasteiger partial charge in [0, 0.05) is 27.5 Å². The van der Waals surface area contributed by atoms with Crippen LogP contribution < -0.4 is 5.32 Å². The van der Waals surface area contributed by atoms with Crippen LogP contribution in [0, 0.1) is 0 Å². The molecular weight excluding hydrogens is 246 g/mol. The van der Waals surface area contributed by atoms with Gasteiger partial charge in [0.1, 0.15) is 0 Å². The Morgan fingerprint density at radius 3 is 2.65 bits per heavy atom. The molecule has 17 heavy (non-hydrogen) atoms. The van der Waals surface area contributed by atoms with Crippen LogP contribution in [-0.2, 0) is 13.1 Å². The first-order valence-corrected chi connectivity index (χ1v) is 7.32. The molecule has 3 rings (SSSR count). The highest BCUT2D eigenvalue weighted by Crippen LogP contribution is 2.25. The number of hydrogen-bond acceptors (Lipinski definition) is 3. The molecule has 0 aliphatic heterocycles. The molecule has 0 saturated carbocycles. The topological polar surface area (TPSA) is 12.0 Å². The van der Waals surface area contributed by atoms with Gasteiger partial charge in [-0.05, 0) is 29.0 Å². The zero-order valence-electron chi connectivity index (χ0n) is 9.35. The van der Waals surface area contributed by atoms with E-state index in [-0.39, 0.29) is 0 Å². The highest BCUT2D eigenvalue weighted by Gasteiger charge is 2.00. The minimum Gasteiger partial charge on any atom is -0.307 e. The molecular formula is C14H13NS2.